The summed E-state index contributed by atoms with van der Waals surface area (Å²) >= 11 is 0. The topological polar surface area (TPSA) is 41.6 Å². The molecule has 2 rings (SSSR count). The van der Waals surface area contributed by atoms with Gasteiger partial charge < -0.3 is 15.0 Å². The number of nitrogens with one attached hydrogen (secondary N) is 1. The largest absolute Gasteiger partial charge is 0.381 e. The zero-order chi connectivity index (χ0) is 14.8. The van der Waals surface area contributed by atoms with Gasteiger partial charge in [-0.25, -0.2) is 0 Å². The molecule has 116 valence electrons. The van der Waals surface area contributed by atoms with Gasteiger partial charge in [-0.15, -0.1) is 0 Å². The first-order valence-electron chi connectivity index (χ1n) is 8.00. The van der Waals surface area contributed by atoms with Crippen molar-refractivity contribution in [2.24, 2.45) is 5.92 Å². The first-order chi connectivity index (χ1) is 9.36. The van der Waals surface area contributed by atoms with Gasteiger partial charge in [-0.05, 0) is 52.9 Å². The van der Waals surface area contributed by atoms with Crippen molar-refractivity contribution in [2.45, 2.75) is 71.0 Å². The van der Waals surface area contributed by atoms with Crippen LogP contribution in [0.1, 0.15) is 53.4 Å². The summed E-state index contributed by atoms with van der Waals surface area (Å²) in [5.41, 5.74) is -0.0581. The Hall–Kier alpha value is -0.610. The molecule has 2 aliphatic heterocycles. The fraction of sp³-hybridized carbons (Fsp3) is 0.938. The summed E-state index contributed by atoms with van der Waals surface area (Å²) in [6.07, 6.45) is 4.21. The molecule has 2 atom stereocenters. The third-order valence-corrected chi connectivity index (χ3v) is 4.48. The summed E-state index contributed by atoms with van der Waals surface area (Å²) in [6.45, 7) is 11.3. The van der Waals surface area contributed by atoms with Crippen LogP contribution < -0.4 is 5.32 Å². The van der Waals surface area contributed by atoms with Crippen LogP contribution >= 0.6 is 0 Å². The molecule has 0 bridgehead atoms. The Morgan fingerprint density at radius 1 is 1.35 bits per heavy atom. The molecule has 1 N–H and O–H groups in total. The average molecular weight is 282 g/mol. The SMILES string of the molecule is C[C@H](CC1CCOCC1)N[C@H]1CC(=O)N(C(C)(C)C)C1. The van der Waals surface area contributed by atoms with E-state index in [4.69, 9.17) is 4.74 Å². The molecule has 0 radical (unpaired) electrons. The minimum absolute atomic E-state index is 0.0581. The van der Waals surface area contributed by atoms with Gasteiger partial charge in [-0.3, -0.25) is 4.79 Å². The lowest BCUT2D eigenvalue weighted by atomic mass is 9.93. The van der Waals surface area contributed by atoms with Gasteiger partial charge in [0.1, 0.15) is 0 Å². The van der Waals surface area contributed by atoms with Crippen LogP contribution in [0.2, 0.25) is 0 Å². The molecule has 2 heterocycles. The maximum atomic E-state index is 12.1. The van der Waals surface area contributed by atoms with E-state index in [2.05, 4.69) is 33.0 Å². The van der Waals surface area contributed by atoms with Crippen molar-refractivity contribution in [2.75, 3.05) is 19.8 Å². The number of carbonyl (C=O) groups excluding carboxylic acids is 1. The number of ether oxygens (including phenoxy) is 1. The zero-order valence-corrected chi connectivity index (χ0v) is 13.4. The average Bonchev–Trinajstić information content (AvgIpc) is 2.71. The predicted molar refractivity (Wildman–Crippen MR) is 80.6 cm³/mol. The van der Waals surface area contributed by atoms with E-state index < -0.39 is 0 Å². The molecule has 0 aromatic rings. The number of nitrogens with zero attached hydrogens (tertiary/aromatic N) is 1. The second kappa shape index (κ2) is 6.44. The number of hydrogen-bond acceptors (Lipinski definition) is 3. The van der Waals surface area contributed by atoms with Crippen LogP contribution in [0.25, 0.3) is 0 Å². The van der Waals surface area contributed by atoms with Gasteiger partial charge in [0.15, 0.2) is 0 Å². The standard InChI is InChI=1S/C16H30N2O2/c1-12(9-13-5-7-20-8-6-13)17-14-10-15(19)18(11-14)16(2,3)4/h12-14,17H,5-11H2,1-4H3/t12-,14+/m1/s1. The minimum atomic E-state index is -0.0581. The molecule has 0 unspecified atom stereocenters. The molecular formula is C16H30N2O2. The highest BCUT2D eigenvalue weighted by atomic mass is 16.5. The lowest BCUT2D eigenvalue weighted by Crippen LogP contribution is -2.45. The highest BCUT2D eigenvalue weighted by Gasteiger charge is 2.36. The monoisotopic (exact) mass is 282 g/mol. The second-order valence-electron chi connectivity index (χ2n) is 7.44. The first-order valence-corrected chi connectivity index (χ1v) is 8.00. The van der Waals surface area contributed by atoms with Crippen molar-refractivity contribution >= 4 is 5.91 Å². The van der Waals surface area contributed by atoms with Gasteiger partial charge in [0.05, 0.1) is 0 Å². The maximum absolute atomic E-state index is 12.1. The number of likely N-dealkylation sites (tertiary alicyclic amines) is 1. The van der Waals surface area contributed by atoms with Gasteiger partial charge in [0.2, 0.25) is 5.91 Å². The lowest BCUT2D eigenvalue weighted by molar-refractivity contribution is -0.131. The Morgan fingerprint density at radius 3 is 2.55 bits per heavy atom. The Morgan fingerprint density at radius 2 is 2.00 bits per heavy atom. The molecule has 0 aromatic carbocycles. The Balaban J connectivity index is 1.77. The molecule has 1 amide bonds. The smallest absolute Gasteiger partial charge is 0.224 e. The van der Waals surface area contributed by atoms with E-state index in [1.54, 1.807) is 0 Å². The summed E-state index contributed by atoms with van der Waals surface area (Å²) in [7, 11) is 0. The number of carbonyl (C=O) groups is 1. The van der Waals surface area contributed by atoms with Crippen molar-refractivity contribution in [3.8, 4) is 0 Å². The number of amides is 1. The number of rotatable bonds is 4. The van der Waals surface area contributed by atoms with Crippen molar-refractivity contribution in [1.82, 2.24) is 10.2 Å². The summed E-state index contributed by atoms with van der Waals surface area (Å²) < 4.78 is 5.41. The van der Waals surface area contributed by atoms with E-state index >= 15 is 0 Å². The fourth-order valence-corrected chi connectivity index (χ4v) is 3.42. The van der Waals surface area contributed by atoms with Crippen LogP contribution in [0.3, 0.4) is 0 Å². The van der Waals surface area contributed by atoms with E-state index in [9.17, 15) is 4.79 Å². The molecule has 4 nitrogen and oxygen atoms in total. The normalized spacial score (nSPS) is 27.1. The van der Waals surface area contributed by atoms with Crippen molar-refractivity contribution in [1.29, 1.82) is 0 Å². The molecule has 0 aromatic heterocycles. The Labute approximate surface area is 123 Å². The van der Waals surface area contributed by atoms with Crippen LogP contribution in [0.5, 0.6) is 0 Å². The quantitative estimate of drug-likeness (QED) is 0.859. The van der Waals surface area contributed by atoms with E-state index in [1.165, 1.54) is 19.3 Å². The molecule has 4 heteroatoms. The van der Waals surface area contributed by atoms with Crippen LogP contribution in [0, 0.1) is 5.92 Å². The molecular weight excluding hydrogens is 252 g/mol. The van der Waals surface area contributed by atoms with Gasteiger partial charge in [-0.2, -0.15) is 0 Å². The highest BCUT2D eigenvalue weighted by Crippen LogP contribution is 2.24. The molecule has 2 saturated heterocycles. The van der Waals surface area contributed by atoms with Crippen molar-refractivity contribution in [3.05, 3.63) is 0 Å². The molecule has 0 saturated carbocycles. The van der Waals surface area contributed by atoms with Gasteiger partial charge in [0.25, 0.3) is 0 Å². The molecule has 0 aliphatic carbocycles. The molecule has 0 spiro atoms. The van der Waals surface area contributed by atoms with Crippen LogP contribution in [-0.4, -0.2) is 48.2 Å². The lowest BCUT2D eigenvalue weighted by Gasteiger charge is -2.32. The van der Waals surface area contributed by atoms with E-state index in [0.29, 0.717) is 18.5 Å². The third kappa shape index (κ3) is 4.19. The third-order valence-electron chi connectivity index (χ3n) is 4.48. The van der Waals surface area contributed by atoms with Crippen molar-refractivity contribution in [3.63, 3.8) is 0 Å². The Kier molecular flexibility index (Phi) is 5.08. The predicted octanol–water partition coefficient (Wildman–Crippen LogP) is 2.18. The van der Waals surface area contributed by atoms with Gasteiger partial charge in [0, 0.05) is 43.8 Å². The maximum Gasteiger partial charge on any atom is 0.224 e. The van der Waals surface area contributed by atoms with Gasteiger partial charge >= 0.3 is 0 Å². The first kappa shape index (κ1) is 15.8. The molecule has 20 heavy (non-hydrogen) atoms. The van der Waals surface area contributed by atoms with Crippen LogP contribution in [-0.2, 0) is 9.53 Å². The van der Waals surface area contributed by atoms with Crippen LogP contribution in [0.15, 0.2) is 0 Å². The van der Waals surface area contributed by atoms with Crippen molar-refractivity contribution < 1.29 is 9.53 Å². The molecule has 2 aliphatic rings. The fourth-order valence-electron chi connectivity index (χ4n) is 3.42. The summed E-state index contributed by atoms with van der Waals surface area (Å²) in [5.74, 6) is 1.07. The van der Waals surface area contributed by atoms with E-state index in [0.717, 1.165) is 25.7 Å². The minimum Gasteiger partial charge on any atom is -0.381 e. The van der Waals surface area contributed by atoms with E-state index in [-0.39, 0.29) is 11.4 Å². The number of hydrogen-bond donors (Lipinski definition) is 1. The Bertz CT molecular complexity index is 332. The highest BCUT2D eigenvalue weighted by molar-refractivity contribution is 5.80. The van der Waals surface area contributed by atoms with Gasteiger partial charge in [-0.1, -0.05) is 0 Å². The van der Waals surface area contributed by atoms with Crippen LogP contribution in [0.4, 0.5) is 0 Å². The summed E-state index contributed by atoms with van der Waals surface area (Å²) in [6, 6.07) is 0.799. The van der Waals surface area contributed by atoms with E-state index in [1.807, 2.05) is 4.90 Å². The summed E-state index contributed by atoms with van der Waals surface area (Å²) in [5, 5.41) is 3.66. The molecule has 2 fully saturated rings. The zero-order valence-electron chi connectivity index (χ0n) is 13.4. The second-order valence-corrected chi connectivity index (χ2v) is 7.44. The summed E-state index contributed by atoms with van der Waals surface area (Å²) in [4.78, 5) is 14.1.